The van der Waals surface area contributed by atoms with Gasteiger partial charge in [-0.05, 0) is 43.3 Å². The summed E-state index contributed by atoms with van der Waals surface area (Å²) in [6, 6.07) is 7.77. The summed E-state index contributed by atoms with van der Waals surface area (Å²) < 4.78 is 94.1. The summed E-state index contributed by atoms with van der Waals surface area (Å²) in [4.78, 5) is 23.8. The number of anilines is 2. The molecule has 3 heterocycles. The zero-order chi connectivity index (χ0) is 26.3. The van der Waals surface area contributed by atoms with Crippen molar-refractivity contribution in [3.63, 3.8) is 0 Å². The maximum absolute atomic E-state index is 14.0. The summed E-state index contributed by atoms with van der Waals surface area (Å²) in [7, 11) is -4.04. The number of sulfonamides is 1. The van der Waals surface area contributed by atoms with Crippen LogP contribution >= 0.6 is 0 Å². The number of hydrogen-bond donors (Lipinski definition) is 2. The highest BCUT2D eigenvalue weighted by molar-refractivity contribution is 7.92. The highest BCUT2D eigenvalue weighted by atomic mass is 32.2. The van der Waals surface area contributed by atoms with Crippen LogP contribution in [0.1, 0.15) is 21.9 Å². The maximum atomic E-state index is 14.0. The van der Waals surface area contributed by atoms with E-state index < -0.39 is 45.1 Å². The van der Waals surface area contributed by atoms with Crippen molar-refractivity contribution in [1.29, 1.82) is 0 Å². The third kappa shape index (κ3) is 4.79. The van der Waals surface area contributed by atoms with E-state index in [2.05, 4.69) is 30.1 Å². The molecule has 0 saturated heterocycles. The second-order valence-electron chi connectivity index (χ2n) is 7.31. The van der Waals surface area contributed by atoms with Crippen LogP contribution in [-0.4, -0.2) is 45.1 Å². The summed E-state index contributed by atoms with van der Waals surface area (Å²) >= 11 is 0. The highest BCUT2D eigenvalue weighted by Gasteiger charge is 2.60. The first-order valence-electron chi connectivity index (χ1n) is 9.81. The van der Waals surface area contributed by atoms with Gasteiger partial charge in [0.1, 0.15) is 5.69 Å². The van der Waals surface area contributed by atoms with Gasteiger partial charge in [-0.2, -0.15) is 27.1 Å². The van der Waals surface area contributed by atoms with Gasteiger partial charge < -0.3 is 5.32 Å². The van der Waals surface area contributed by atoms with Crippen molar-refractivity contribution in [1.82, 2.24) is 24.6 Å². The molecule has 4 rings (SSSR count). The minimum Gasteiger partial charge on any atom is -0.321 e. The number of halogens is 5. The molecule has 0 atom stereocenters. The van der Waals surface area contributed by atoms with Crippen molar-refractivity contribution < 1.29 is 35.2 Å². The number of hydrogen-bond acceptors (Lipinski definition) is 7. The first-order chi connectivity index (χ1) is 16.8. The van der Waals surface area contributed by atoms with Gasteiger partial charge in [0.05, 0.1) is 4.90 Å². The van der Waals surface area contributed by atoms with Crippen molar-refractivity contribution >= 4 is 33.2 Å². The van der Waals surface area contributed by atoms with Crippen LogP contribution in [-0.2, 0) is 15.9 Å². The third-order valence-electron chi connectivity index (χ3n) is 4.68. The molecule has 0 bridgehead atoms. The van der Waals surface area contributed by atoms with Crippen molar-refractivity contribution in [3.8, 4) is 0 Å². The Bertz CT molecular complexity index is 1540. The number of amides is 1. The van der Waals surface area contributed by atoms with E-state index in [0.717, 1.165) is 18.2 Å². The normalized spacial score (nSPS) is 12.5. The minimum absolute atomic E-state index is 0.0944. The predicted molar refractivity (Wildman–Crippen MR) is 115 cm³/mol. The Morgan fingerprint density at radius 2 is 1.64 bits per heavy atom. The first kappa shape index (κ1) is 24.9. The molecule has 3 aromatic heterocycles. The Morgan fingerprint density at radius 1 is 1.00 bits per heavy atom. The molecule has 0 aliphatic heterocycles. The van der Waals surface area contributed by atoms with Gasteiger partial charge in [0.15, 0.2) is 11.3 Å². The van der Waals surface area contributed by atoms with Gasteiger partial charge in [0.25, 0.3) is 15.9 Å². The average molecular weight is 527 g/mol. The number of aryl methyl sites for hydroxylation is 1. The van der Waals surface area contributed by atoms with E-state index in [4.69, 9.17) is 0 Å². The molecule has 188 valence electrons. The summed E-state index contributed by atoms with van der Waals surface area (Å²) in [5, 5.41) is 5.93. The lowest BCUT2D eigenvalue weighted by atomic mass is 10.2. The van der Waals surface area contributed by atoms with Gasteiger partial charge in [-0.15, -0.1) is 0 Å². The minimum atomic E-state index is -5.90. The molecule has 1 amide bonds. The van der Waals surface area contributed by atoms with Crippen molar-refractivity contribution in [2.75, 3.05) is 10.0 Å². The van der Waals surface area contributed by atoms with E-state index in [0.29, 0.717) is 6.07 Å². The Labute approximate surface area is 199 Å². The molecule has 0 aliphatic carbocycles. The summed E-state index contributed by atoms with van der Waals surface area (Å²) in [5.74, 6) is -6.36. The fourth-order valence-corrected chi connectivity index (χ4v) is 3.98. The molecule has 36 heavy (non-hydrogen) atoms. The standard InChI is InChI=1S/C20H14F5N7O3S/c1-11-9-15(19(21,22)20(23,24)25)32-16(28-11)10-14(30-32)17(33)29-12-3-5-13(6-4-12)36(34,35)31-18-26-7-2-8-27-18/h2-10H,1H3,(H,29,33)(H,26,27,31). The molecule has 1 aromatic carbocycles. The number of aromatic nitrogens is 5. The number of fused-ring (bicyclic) bond motifs is 1. The number of nitrogens with one attached hydrogen (secondary N) is 2. The Morgan fingerprint density at radius 3 is 2.25 bits per heavy atom. The van der Waals surface area contributed by atoms with Crippen LogP contribution in [0.25, 0.3) is 5.65 Å². The lowest BCUT2D eigenvalue weighted by Crippen LogP contribution is -2.36. The smallest absolute Gasteiger partial charge is 0.321 e. The number of nitrogens with zero attached hydrogens (tertiary/aromatic N) is 5. The zero-order valence-corrected chi connectivity index (χ0v) is 18.8. The second kappa shape index (κ2) is 8.78. The largest absolute Gasteiger partial charge is 0.459 e. The molecule has 0 saturated carbocycles. The van der Waals surface area contributed by atoms with Gasteiger partial charge in [0.2, 0.25) is 5.95 Å². The number of carbonyl (C=O) groups is 1. The van der Waals surface area contributed by atoms with Crippen LogP contribution in [0.4, 0.5) is 33.6 Å². The molecular weight excluding hydrogens is 513 g/mol. The molecule has 0 fully saturated rings. The topological polar surface area (TPSA) is 131 Å². The Hall–Kier alpha value is -4.21. The zero-order valence-electron chi connectivity index (χ0n) is 18.0. The van der Waals surface area contributed by atoms with E-state index in [1.807, 2.05) is 0 Å². The van der Waals surface area contributed by atoms with E-state index in [9.17, 15) is 35.2 Å². The van der Waals surface area contributed by atoms with Crippen LogP contribution < -0.4 is 10.0 Å². The number of rotatable bonds is 6. The van der Waals surface area contributed by atoms with E-state index in [-0.39, 0.29) is 26.7 Å². The predicted octanol–water partition coefficient (Wildman–Crippen LogP) is 3.53. The number of carbonyl (C=O) groups excluding carboxylic acids is 1. The molecule has 2 N–H and O–H groups in total. The van der Waals surface area contributed by atoms with Crippen LogP contribution in [0, 0.1) is 6.92 Å². The molecule has 10 nitrogen and oxygen atoms in total. The average Bonchev–Trinajstić information content (AvgIpc) is 3.22. The third-order valence-corrected chi connectivity index (χ3v) is 6.02. The van der Waals surface area contributed by atoms with E-state index in [1.165, 1.54) is 37.5 Å². The lowest BCUT2D eigenvalue weighted by molar-refractivity contribution is -0.291. The molecular formula is C20H14F5N7O3S. The van der Waals surface area contributed by atoms with Crippen molar-refractivity contribution in [2.24, 2.45) is 0 Å². The van der Waals surface area contributed by atoms with Crippen LogP contribution in [0.3, 0.4) is 0 Å². The highest BCUT2D eigenvalue weighted by Crippen LogP contribution is 2.43. The maximum Gasteiger partial charge on any atom is 0.459 e. The van der Waals surface area contributed by atoms with Crippen LogP contribution in [0.2, 0.25) is 0 Å². The summed E-state index contributed by atoms with van der Waals surface area (Å²) in [6.07, 6.45) is -3.22. The quantitative estimate of drug-likeness (QED) is 0.367. The monoisotopic (exact) mass is 527 g/mol. The second-order valence-corrected chi connectivity index (χ2v) is 8.99. The summed E-state index contributed by atoms with van der Waals surface area (Å²) in [6.45, 7) is 1.22. The fraction of sp³-hybridized carbons (Fsp3) is 0.150. The van der Waals surface area contributed by atoms with E-state index in [1.54, 1.807) is 0 Å². The van der Waals surface area contributed by atoms with Gasteiger partial charge in [-0.3, -0.25) is 4.79 Å². The molecule has 4 aromatic rings. The number of alkyl halides is 5. The van der Waals surface area contributed by atoms with Gasteiger partial charge >= 0.3 is 12.1 Å². The van der Waals surface area contributed by atoms with Gasteiger partial charge in [0, 0.05) is 29.8 Å². The van der Waals surface area contributed by atoms with Crippen LogP contribution in [0.5, 0.6) is 0 Å². The SMILES string of the molecule is Cc1cc(C(F)(F)C(F)(F)F)n2nc(C(=O)Nc3ccc(S(=O)(=O)Nc4ncccn4)cc3)cc2n1. The Kier molecular flexibility index (Phi) is 6.07. The van der Waals surface area contributed by atoms with Gasteiger partial charge in [-0.1, -0.05) is 0 Å². The van der Waals surface area contributed by atoms with E-state index >= 15 is 0 Å². The van der Waals surface area contributed by atoms with Crippen molar-refractivity contribution in [3.05, 3.63) is 71.9 Å². The van der Waals surface area contributed by atoms with Gasteiger partial charge in [-0.25, -0.2) is 32.6 Å². The fourth-order valence-electron chi connectivity index (χ4n) is 3.02. The molecule has 0 aliphatic rings. The van der Waals surface area contributed by atoms with Crippen molar-refractivity contribution in [2.45, 2.75) is 23.9 Å². The molecule has 16 heteroatoms. The first-order valence-corrected chi connectivity index (χ1v) is 11.3. The number of benzene rings is 1. The summed E-state index contributed by atoms with van der Waals surface area (Å²) in [5.41, 5.74) is -2.43. The Balaban J connectivity index is 1.57. The molecule has 0 radical (unpaired) electrons. The van der Waals surface area contributed by atoms with Crippen LogP contribution in [0.15, 0.2) is 59.8 Å². The molecule has 0 unspecified atom stereocenters. The lowest BCUT2D eigenvalue weighted by Gasteiger charge is -2.20. The molecule has 0 spiro atoms.